The van der Waals surface area contributed by atoms with Gasteiger partial charge in [-0.1, -0.05) is 47.7 Å². The number of hydrogen-bond acceptors (Lipinski definition) is 5. The molecule has 0 saturated heterocycles. The van der Waals surface area contributed by atoms with Crippen molar-refractivity contribution in [3.8, 4) is 0 Å². The van der Waals surface area contributed by atoms with Crippen LogP contribution in [0.3, 0.4) is 0 Å². The maximum atomic E-state index is 12.3. The number of fused-ring (bicyclic) bond motifs is 2. The van der Waals surface area contributed by atoms with Gasteiger partial charge in [0, 0.05) is 5.56 Å². The summed E-state index contributed by atoms with van der Waals surface area (Å²) in [6.45, 7) is 1.81. The molecule has 3 aromatic rings. The number of benzene rings is 2. The summed E-state index contributed by atoms with van der Waals surface area (Å²) in [7, 11) is 0. The van der Waals surface area contributed by atoms with E-state index in [1.807, 2.05) is 43.3 Å². The van der Waals surface area contributed by atoms with Crippen LogP contribution in [0.1, 0.15) is 24.5 Å². The number of carbonyl (C=O) groups excluding carboxylic acids is 1. The van der Waals surface area contributed by atoms with Crippen LogP contribution in [-0.2, 0) is 11.2 Å². The van der Waals surface area contributed by atoms with Crippen molar-refractivity contribution in [2.45, 2.75) is 25.8 Å². The lowest BCUT2D eigenvalue weighted by Gasteiger charge is -2.11. The summed E-state index contributed by atoms with van der Waals surface area (Å²) in [5.41, 5.74) is 6.98. The molecule has 1 atom stereocenters. The third-order valence-corrected chi connectivity index (χ3v) is 5.26. The number of anilines is 1. The van der Waals surface area contributed by atoms with Crippen molar-refractivity contribution in [2.24, 2.45) is 5.10 Å². The largest absolute Gasteiger partial charge is 0.350 e. The van der Waals surface area contributed by atoms with Gasteiger partial charge < -0.3 is 5.32 Å². The zero-order valence-corrected chi connectivity index (χ0v) is 14.6. The molecule has 1 aromatic heterocycles. The topological polar surface area (TPSA) is 66.4 Å². The number of carbonyl (C=O) groups is 1. The Morgan fingerprint density at radius 1 is 1.16 bits per heavy atom. The van der Waals surface area contributed by atoms with Crippen LogP contribution in [0.15, 0.2) is 53.6 Å². The number of aryl methyl sites for hydroxylation is 1. The van der Waals surface area contributed by atoms with Crippen LogP contribution in [0.5, 0.6) is 0 Å². The first-order chi connectivity index (χ1) is 12.2. The lowest BCUT2D eigenvalue weighted by Crippen LogP contribution is -2.35. The van der Waals surface area contributed by atoms with Gasteiger partial charge in [-0.2, -0.15) is 5.10 Å². The Labute approximate surface area is 149 Å². The fourth-order valence-electron chi connectivity index (χ4n) is 2.93. The Kier molecular flexibility index (Phi) is 4.19. The molecule has 0 radical (unpaired) electrons. The molecule has 6 heteroatoms. The zero-order valence-electron chi connectivity index (χ0n) is 13.8. The van der Waals surface area contributed by atoms with Gasteiger partial charge in [-0.15, -0.1) is 0 Å². The first-order valence-electron chi connectivity index (χ1n) is 8.27. The molecule has 25 heavy (non-hydrogen) atoms. The second-order valence-electron chi connectivity index (χ2n) is 6.04. The lowest BCUT2D eigenvalue weighted by molar-refractivity contribution is -0.121. The van der Waals surface area contributed by atoms with Crippen LogP contribution in [0.2, 0.25) is 0 Å². The quantitative estimate of drug-likeness (QED) is 0.707. The summed E-state index contributed by atoms with van der Waals surface area (Å²) in [6.07, 6.45) is 1.84. The molecule has 0 aliphatic heterocycles. The number of nitrogens with one attached hydrogen (secondary N) is 2. The van der Waals surface area contributed by atoms with E-state index in [9.17, 15) is 4.79 Å². The molecule has 0 saturated carbocycles. The molecule has 5 nitrogen and oxygen atoms in total. The SMILES string of the molecule is C[C@@H](Nc1nc2ccccc2s1)C(=O)N/N=C1\CCc2ccccc21. The first-order valence-corrected chi connectivity index (χ1v) is 9.09. The van der Waals surface area contributed by atoms with Crippen molar-refractivity contribution >= 4 is 38.3 Å². The van der Waals surface area contributed by atoms with Gasteiger partial charge in [-0.25, -0.2) is 10.4 Å². The predicted molar refractivity (Wildman–Crippen MR) is 102 cm³/mol. The van der Waals surface area contributed by atoms with E-state index in [-0.39, 0.29) is 5.91 Å². The number of thiazole rings is 1. The summed E-state index contributed by atoms with van der Waals surface area (Å²) in [4.78, 5) is 16.8. The summed E-state index contributed by atoms with van der Waals surface area (Å²) >= 11 is 1.54. The lowest BCUT2D eigenvalue weighted by atomic mass is 10.1. The summed E-state index contributed by atoms with van der Waals surface area (Å²) in [5, 5.41) is 8.22. The number of aromatic nitrogens is 1. The Bertz CT molecular complexity index is 930. The molecular formula is C19H18N4OS. The highest BCUT2D eigenvalue weighted by Crippen LogP contribution is 2.26. The number of rotatable bonds is 4. The van der Waals surface area contributed by atoms with E-state index < -0.39 is 6.04 Å². The van der Waals surface area contributed by atoms with Crippen molar-refractivity contribution in [2.75, 3.05) is 5.32 Å². The molecule has 1 aliphatic rings. The fraction of sp³-hybridized carbons (Fsp3) is 0.211. The van der Waals surface area contributed by atoms with E-state index in [2.05, 4.69) is 33.0 Å². The molecule has 2 N–H and O–H groups in total. The van der Waals surface area contributed by atoms with Crippen LogP contribution in [0, 0.1) is 0 Å². The first kappa shape index (κ1) is 15.8. The van der Waals surface area contributed by atoms with Gasteiger partial charge in [0.2, 0.25) is 0 Å². The van der Waals surface area contributed by atoms with Crippen LogP contribution < -0.4 is 10.7 Å². The van der Waals surface area contributed by atoms with Gasteiger partial charge >= 0.3 is 0 Å². The average Bonchev–Trinajstić information content (AvgIpc) is 3.22. The van der Waals surface area contributed by atoms with Gasteiger partial charge in [0.15, 0.2) is 5.13 Å². The maximum Gasteiger partial charge on any atom is 0.262 e. The molecule has 1 heterocycles. The van der Waals surface area contributed by atoms with Gasteiger partial charge in [0.25, 0.3) is 5.91 Å². The molecule has 2 aromatic carbocycles. The highest BCUT2D eigenvalue weighted by Gasteiger charge is 2.18. The van der Waals surface area contributed by atoms with Crippen LogP contribution in [0.25, 0.3) is 10.2 Å². The number of hydrazone groups is 1. The van der Waals surface area contributed by atoms with Crippen molar-refractivity contribution in [1.29, 1.82) is 0 Å². The number of para-hydroxylation sites is 1. The number of hydrogen-bond donors (Lipinski definition) is 2. The van der Waals surface area contributed by atoms with Gasteiger partial charge in [-0.05, 0) is 37.5 Å². The van der Waals surface area contributed by atoms with E-state index in [0.29, 0.717) is 0 Å². The van der Waals surface area contributed by atoms with E-state index in [1.54, 1.807) is 0 Å². The van der Waals surface area contributed by atoms with E-state index in [1.165, 1.54) is 16.9 Å². The second-order valence-corrected chi connectivity index (χ2v) is 7.08. The Morgan fingerprint density at radius 2 is 1.96 bits per heavy atom. The van der Waals surface area contributed by atoms with Gasteiger partial charge in [-0.3, -0.25) is 4.79 Å². The molecule has 0 fully saturated rings. The fourth-order valence-corrected chi connectivity index (χ4v) is 3.88. The molecular weight excluding hydrogens is 332 g/mol. The Morgan fingerprint density at radius 3 is 2.84 bits per heavy atom. The Hall–Kier alpha value is -2.73. The molecule has 1 aliphatic carbocycles. The summed E-state index contributed by atoms with van der Waals surface area (Å²) < 4.78 is 1.10. The maximum absolute atomic E-state index is 12.3. The normalized spacial score (nSPS) is 16.0. The van der Waals surface area contributed by atoms with E-state index >= 15 is 0 Å². The number of nitrogens with zero attached hydrogens (tertiary/aromatic N) is 2. The highest BCUT2D eigenvalue weighted by atomic mass is 32.1. The zero-order chi connectivity index (χ0) is 17.2. The van der Waals surface area contributed by atoms with Crippen molar-refractivity contribution in [1.82, 2.24) is 10.4 Å². The minimum Gasteiger partial charge on any atom is -0.350 e. The van der Waals surface area contributed by atoms with Crippen molar-refractivity contribution in [3.05, 3.63) is 59.7 Å². The molecule has 126 valence electrons. The van der Waals surface area contributed by atoms with Gasteiger partial charge in [0.05, 0.1) is 15.9 Å². The summed E-state index contributed by atoms with van der Waals surface area (Å²) in [6, 6.07) is 15.7. The van der Waals surface area contributed by atoms with E-state index in [4.69, 9.17) is 0 Å². The predicted octanol–water partition coefficient (Wildman–Crippen LogP) is 3.56. The van der Waals surface area contributed by atoms with E-state index in [0.717, 1.165) is 39.5 Å². The second kappa shape index (κ2) is 6.64. The Balaban J connectivity index is 1.42. The van der Waals surface area contributed by atoms with Crippen molar-refractivity contribution in [3.63, 3.8) is 0 Å². The molecule has 4 rings (SSSR count). The van der Waals surface area contributed by atoms with Crippen LogP contribution in [0.4, 0.5) is 5.13 Å². The standard InChI is InChI=1S/C19H18N4OS/c1-12(20-19-21-16-8-4-5-9-17(16)25-19)18(24)23-22-15-11-10-13-6-2-3-7-14(13)15/h2-9,12H,10-11H2,1H3,(H,20,21)(H,23,24)/b22-15+/t12-/m1/s1. The summed E-state index contributed by atoms with van der Waals surface area (Å²) in [5.74, 6) is -0.170. The monoisotopic (exact) mass is 350 g/mol. The van der Waals surface area contributed by atoms with Crippen LogP contribution >= 0.6 is 11.3 Å². The third-order valence-electron chi connectivity index (χ3n) is 4.29. The number of amides is 1. The average molecular weight is 350 g/mol. The van der Waals surface area contributed by atoms with Crippen molar-refractivity contribution < 1.29 is 4.79 Å². The van der Waals surface area contributed by atoms with Crippen LogP contribution in [-0.4, -0.2) is 22.6 Å². The molecule has 0 bridgehead atoms. The minimum absolute atomic E-state index is 0.170. The third kappa shape index (κ3) is 3.25. The molecule has 0 unspecified atom stereocenters. The van der Waals surface area contributed by atoms with Gasteiger partial charge in [0.1, 0.15) is 6.04 Å². The minimum atomic E-state index is -0.415. The molecule has 0 spiro atoms. The highest BCUT2D eigenvalue weighted by molar-refractivity contribution is 7.22. The molecule has 1 amide bonds. The smallest absolute Gasteiger partial charge is 0.262 e.